The van der Waals surface area contributed by atoms with E-state index < -0.39 is 0 Å². The number of para-hydroxylation sites is 2. The molecule has 210 valence electrons. The standard InChI is InChI=1S/C40H40N2/c1-26-15-18-29(19-16-26)40(35-21-17-28(25-41)23-34(35)39-27(2)9-8-13-36(39)40)30-20-22-38-33(24-30)32-12-6-7-14-37(32)42(38)31-10-4-3-5-11-31/h3-8,10-15,17,21,23-24,27,29,33,36,38-39H,9,16,18-20,22H2,1-2H3. The molecule has 7 unspecified atom stereocenters. The van der Waals surface area contributed by atoms with Gasteiger partial charge in [-0.05, 0) is 116 Å². The van der Waals surface area contributed by atoms with Gasteiger partial charge in [0.05, 0.1) is 11.6 Å². The summed E-state index contributed by atoms with van der Waals surface area (Å²) in [5.74, 6) is 2.46. The summed E-state index contributed by atoms with van der Waals surface area (Å²) in [6.45, 7) is 4.76. The minimum atomic E-state index is -0.0174. The van der Waals surface area contributed by atoms with E-state index in [1.807, 2.05) is 0 Å². The highest BCUT2D eigenvalue weighted by atomic mass is 15.2. The number of nitriles is 1. The first-order valence-electron chi connectivity index (χ1n) is 16.1. The molecule has 0 amide bonds. The molecular weight excluding hydrogens is 508 g/mol. The molecule has 0 saturated heterocycles. The molecule has 0 saturated carbocycles. The molecule has 5 aliphatic rings. The van der Waals surface area contributed by atoms with Gasteiger partial charge >= 0.3 is 0 Å². The summed E-state index contributed by atoms with van der Waals surface area (Å²) in [7, 11) is 0. The fourth-order valence-corrected chi connectivity index (χ4v) is 9.89. The van der Waals surface area contributed by atoms with Crippen LogP contribution in [0.1, 0.15) is 86.5 Å². The Hall–Kier alpha value is -3.83. The zero-order chi connectivity index (χ0) is 28.4. The van der Waals surface area contributed by atoms with Crippen molar-refractivity contribution in [3.63, 3.8) is 0 Å². The predicted octanol–water partition coefficient (Wildman–Crippen LogP) is 9.88. The van der Waals surface area contributed by atoms with Crippen molar-refractivity contribution in [1.29, 1.82) is 5.26 Å². The van der Waals surface area contributed by atoms with Gasteiger partial charge in [-0.2, -0.15) is 5.26 Å². The van der Waals surface area contributed by atoms with E-state index in [1.165, 1.54) is 40.9 Å². The molecule has 0 spiro atoms. The molecule has 1 heterocycles. The van der Waals surface area contributed by atoms with Gasteiger partial charge in [0.2, 0.25) is 0 Å². The fourth-order valence-electron chi connectivity index (χ4n) is 9.89. The second-order valence-corrected chi connectivity index (χ2v) is 13.6. The van der Waals surface area contributed by atoms with E-state index >= 15 is 0 Å². The van der Waals surface area contributed by atoms with Crippen LogP contribution in [-0.4, -0.2) is 6.04 Å². The van der Waals surface area contributed by atoms with Crippen molar-refractivity contribution in [3.05, 3.63) is 131 Å². The van der Waals surface area contributed by atoms with Crippen molar-refractivity contribution in [1.82, 2.24) is 0 Å². The Balaban J connectivity index is 1.34. The molecule has 1 aliphatic heterocycles. The minimum Gasteiger partial charge on any atom is -0.337 e. The number of nitrogens with zero attached hydrogens (tertiary/aromatic N) is 2. The maximum absolute atomic E-state index is 9.91. The van der Waals surface area contributed by atoms with Crippen molar-refractivity contribution in [3.8, 4) is 6.07 Å². The number of hydrogen-bond acceptors (Lipinski definition) is 2. The molecule has 0 bridgehead atoms. The molecule has 3 aromatic carbocycles. The van der Waals surface area contributed by atoms with Gasteiger partial charge < -0.3 is 4.90 Å². The number of allylic oxidation sites excluding steroid dienone is 5. The molecule has 3 aromatic rings. The Labute approximate surface area is 251 Å². The quantitative estimate of drug-likeness (QED) is 0.305. The zero-order valence-electron chi connectivity index (χ0n) is 24.8. The molecular formula is C40H40N2. The molecule has 0 radical (unpaired) electrons. The summed E-state index contributed by atoms with van der Waals surface area (Å²) in [6, 6.07) is 29.8. The van der Waals surface area contributed by atoms with E-state index in [-0.39, 0.29) is 5.41 Å². The highest BCUT2D eigenvalue weighted by molar-refractivity contribution is 5.74. The molecule has 4 aliphatic carbocycles. The molecule has 0 fully saturated rings. The van der Waals surface area contributed by atoms with Crippen molar-refractivity contribution in [2.45, 2.75) is 75.7 Å². The fraction of sp³-hybridized carbons (Fsp3) is 0.375. The molecule has 0 N–H and O–H groups in total. The maximum Gasteiger partial charge on any atom is 0.0991 e. The van der Waals surface area contributed by atoms with Crippen LogP contribution in [0, 0.1) is 29.1 Å². The van der Waals surface area contributed by atoms with Gasteiger partial charge in [-0.3, -0.25) is 0 Å². The Morgan fingerprint density at radius 1 is 0.905 bits per heavy atom. The monoisotopic (exact) mass is 548 g/mol. The normalized spacial score (nSPS) is 32.6. The summed E-state index contributed by atoms with van der Waals surface area (Å²) >= 11 is 0. The van der Waals surface area contributed by atoms with Gasteiger partial charge in [0.1, 0.15) is 0 Å². The van der Waals surface area contributed by atoms with Crippen LogP contribution < -0.4 is 4.90 Å². The number of fused-ring (bicyclic) bond motifs is 6. The minimum absolute atomic E-state index is 0.0174. The number of hydrogen-bond donors (Lipinski definition) is 0. The molecule has 42 heavy (non-hydrogen) atoms. The summed E-state index contributed by atoms with van der Waals surface area (Å²) in [6.07, 6.45) is 17.4. The van der Waals surface area contributed by atoms with Crippen molar-refractivity contribution < 1.29 is 0 Å². The van der Waals surface area contributed by atoms with Crippen LogP contribution in [0.25, 0.3) is 0 Å². The second kappa shape index (κ2) is 9.88. The summed E-state index contributed by atoms with van der Waals surface area (Å²) in [5.41, 5.74) is 11.1. The number of benzene rings is 3. The number of anilines is 2. The van der Waals surface area contributed by atoms with E-state index in [1.54, 1.807) is 11.1 Å². The average molecular weight is 549 g/mol. The van der Waals surface area contributed by atoms with Gasteiger partial charge in [0.15, 0.2) is 0 Å². The Morgan fingerprint density at radius 3 is 2.55 bits per heavy atom. The highest BCUT2D eigenvalue weighted by Crippen LogP contribution is 2.66. The van der Waals surface area contributed by atoms with Crippen LogP contribution >= 0.6 is 0 Å². The third-order valence-electron chi connectivity index (χ3n) is 11.6. The Morgan fingerprint density at radius 2 is 1.74 bits per heavy atom. The molecule has 8 rings (SSSR count). The first-order valence-corrected chi connectivity index (χ1v) is 16.1. The van der Waals surface area contributed by atoms with E-state index in [4.69, 9.17) is 0 Å². The van der Waals surface area contributed by atoms with Gasteiger partial charge in [0, 0.05) is 28.7 Å². The van der Waals surface area contributed by atoms with Crippen LogP contribution in [0.4, 0.5) is 11.4 Å². The smallest absolute Gasteiger partial charge is 0.0991 e. The van der Waals surface area contributed by atoms with Crippen LogP contribution in [0.3, 0.4) is 0 Å². The summed E-state index contributed by atoms with van der Waals surface area (Å²) < 4.78 is 0. The zero-order valence-corrected chi connectivity index (χ0v) is 24.8. The molecule has 0 aromatic heterocycles. The van der Waals surface area contributed by atoms with Gasteiger partial charge in [-0.25, -0.2) is 0 Å². The Kier molecular flexibility index (Phi) is 6.08. The Bertz CT molecular complexity index is 1670. The third kappa shape index (κ3) is 3.62. The summed E-state index contributed by atoms with van der Waals surface area (Å²) in [5, 5.41) is 9.91. The van der Waals surface area contributed by atoms with E-state index in [0.29, 0.717) is 35.6 Å². The lowest BCUT2D eigenvalue weighted by Gasteiger charge is -2.50. The SMILES string of the molecule is CC1=CCC(C2(C3=CC4c5ccccc5N(c5ccccc5)C4CC3)c3ccc(C#N)cc3C3C(C)CC=CC32)CC1. The number of rotatable bonds is 3. The van der Waals surface area contributed by atoms with E-state index in [0.717, 1.165) is 31.2 Å². The molecule has 7 atom stereocenters. The first-order chi connectivity index (χ1) is 20.6. The van der Waals surface area contributed by atoms with Crippen molar-refractivity contribution in [2.24, 2.45) is 17.8 Å². The lowest BCUT2D eigenvalue weighted by molar-refractivity contribution is 0.190. The maximum atomic E-state index is 9.91. The van der Waals surface area contributed by atoms with Gasteiger partial charge in [-0.15, -0.1) is 0 Å². The lowest BCUT2D eigenvalue weighted by Crippen LogP contribution is -2.45. The van der Waals surface area contributed by atoms with Gasteiger partial charge in [0.25, 0.3) is 0 Å². The second-order valence-electron chi connectivity index (χ2n) is 13.6. The van der Waals surface area contributed by atoms with E-state index in [9.17, 15) is 5.26 Å². The van der Waals surface area contributed by atoms with E-state index in [2.05, 4.69) is 122 Å². The lowest BCUT2D eigenvalue weighted by atomic mass is 9.54. The highest BCUT2D eigenvalue weighted by Gasteiger charge is 2.59. The summed E-state index contributed by atoms with van der Waals surface area (Å²) in [4.78, 5) is 2.62. The predicted molar refractivity (Wildman–Crippen MR) is 172 cm³/mol. The van der Waals surface area contributed by atoms with Crippen molar-refractivity contribution in [2.75, 3.05) is 4.90 Å². The topological polar surface area (TPSA) is 27.0 Å². The average Bonchev–Trinajstić information content (AvgIpc) is 3.52. The molecule has 2 nitrogen and oxygen atoms in total. The van der Waals surface area contributed by atoms with Crippen molar-refractivity contribution >= 4 is 11.4 Å². The van der Waals surface area contributed by atoms with Crippen LogP contribution in [0.5, 0.6) is 0 Å². The van der Waals surface area contributed by atoms with Crippen LogP contribution in [0.15, 0.2) is 108 Å². The molecule has 2 heteroatoms. The first kappa shape index (κ1) is 25.8. The third-order valence-corrected chi connectivity index (χ3v) is 11.6. The van der Waals surface area contributed by atoms with Crippen LogP contribution in [-0.2, 0) is 5.41 Å². The van der Waals surface area contributed by atoms with Gasteiger partial charge in [-0.1, -0.05) is 84.8 Å². The van der Waals surface area contributed by atoms with Crippen LogP contribution in [0.2, 0.25) is 0 Å². The largest absolute Gasteiger partial charge is 0.337 e.